The summed E-state index contributed by atoms with van der Waals surface area (Å²) in [5.41, 5.74) is 2.58. The van der Waals surface area contributed by atoms with Gasteiger partial charge in [0.2, 0.25) is 0 Å². The molecular weight excluding hydrogens is 350 g/mol. The first kappa shape index (κ1) is 23.7. The molecule has 0 saturated heterocycles. The number of carbonyl (C=O) groups excluding carboxylic acids is 2. The van der Waals surface area contributed by atoms with Crippen molar-refractivity contribution in [2.45, 2.75) is 48.5 Å². The summed E-state index contributed by atoms with van der Waals surface area (Å²) in [4.78, 5) is 23.7. The molecule has 0 aromatic heterocycles. The molecule has 0 aliphatic carbocycles. The van der Waals surface area contributed by atoms with Crippen LogP contribution in [0.15, 0.2) is 36.4 Å². The predicted molar refractivity (Wildman–Crippen MR) is 109 cm³/mol. The molecule has 2 rings (SSSR count). The number of rotatable bonds is 3. The van der Waals surface area contributed by atoms with Gasteiger partial charge in [-0.05, 0) is 55.3 Å². The highest BCUT2D eigenvalue weighted by Crippen LogP contribution is 2.27. The summed E-state index contributed by atoms with van der Waals surface area (Å²) in [6.45, 7) is 13.0. The summed E-state index contributed by atoms with van der Waals surface area (Å²) in [6.07, 6.45) is 0. The van der Waals surface area contributed by atoms with E-state index in [0.29, 0.717) is 16.3 Å². The van der Waals surface area contributed by atoms with Gasteiger partial charge in [0, 0.05) is 17.6 Å². The van der Waals surface area contributed by atoms with Gasteiger partial charge in [-0.1, -0.05) is 45.4 Å². The summed E-state index contributed by atoms with van der Waals surface area (Å²) >= 11 is 5.82. The predicted octanol–water partition coefficient (Wildman–Crippen LogP) is 6.19. The van der Waals surface area contributed by atoms with Gasteiger partial charge in [0.15, 0.2) is 0 Å². The minimum absolute atomic E-state index is 0.282. The molecule has 0 aliphatic heterocycles. The van der Waals surface area contributed by atoms with Crippen LogP contribution in [0.1, 0.15) is 56.1 Å². The van der Waals surface area contributed by atoms with Crippen LogP contribution in [0.2, 0.25) is 5.02 Å². The molecule has 1 N–H and O–H groups in total. The Hall–Kier alpha value is -2.33. The lowest BCUT2D eigenvalue weighted by Gasteiger charge is -2.13. The Morgan fingerprint density at radius 2 is 1.50 bits per heavy atom. The lowest BCUT2D eigenvalue weighted by Crippen LogP contribution is -2.16. The molecule has 0 fully saturated rings. The zero-order chi connectivity index (χ0) is 20.3. The first-order valence-electron chi connectivity index (χ1n) is 8.73. The molecular formula is C21H28ClNO3. The van der Waals surface area contributed by atoms with Gasteiger partial charge >= 0.3 is 5.97 Å². The average molecular weight is 378 g/mol. The highest BCUT2D eigenvalue weighted by atomic mass is 35.5. The number of ether oxygens (including phenoxy) is 1. The quantitative estimate of drug-likeness (QED) is 0.512. The molecule has 4 nitrogen and oxygen atoms in total. The number of nitrogens with one attached hydrogen (secondary N) is 1. The number of amides is 1. The maximum atomic E-state index is 12.5. The molecule has 0 bridgehead atoms. The molecule has 0 saturated carbocycles. The van der Waals surface area contributed by atoms with Crippen molar-refractivity contribution in [3.05, 3.63) is 58.1 Å². The van der Waals surface area contributed by atoms with Crippen LogP contribution < -0.4 is 10.1 Å². The fourth-order valence-corrected chi connectivity index (χ4v) is 2.26. The third-order valence-corrected chi connectivity index (χ3v) is 3.26. The Bertz CT molecular complexity index is 725. The highest BCUT2D eigenvalue weighted by Gasteiger charge is 2.17. The normalized spacial score (nSPS) is 9.08. The van der Waals surface area contributed by atoms with Gasteiger partial charge in [0.25, 0.3) is 5.91 Å². The second-order valence-corrected chi connectivity index (χ2v) is 5.45. The molecule has 26 heavy (non-hydrogen) atoms. The van der Waals surface area contributed by atoms with Gasteiger partial charge in [0.05, 0.1) is 5.56 Å². The summed E-state index contributed by atoms with van der Waals surface area (Å²) < 4.78 is 5.19. The van der Waals surface area contributed by atoms with Crippen molar-refractivity contribution < 1.29 is 14.3 Å². The first-order valence-corrected chi connectivity index (χ1v) is 9.11. The Morgan fingerprint density at radius 1 is 0.962 bits per heavy atom. The van der Waals surface area contributed by atoms with E-state index in [0.717, 1.165) is 11.1 Å². The Kier molecular flexibility index (Phi) is 11.0. The number of hydrogen-bond acceptors (Lipinski definition) is 3. The summed E-state index contributed by atoms with van der Waals surface area (Å²) in [7, 11) is 0. The van der Waals surface area contributed by atoms with Crippen LogP contribution in [0.4, 0.5) is 5.69 Å². The zero-order valence-electron chi connectivity index (χ0n) is 16.6. The molecule has 2 aromatic carbocycles. The molecule has 0 aliphatic rings. The van der Waals surface area contributed by atoms with Crippen LogP contribution >= 0.6 is 11.6 Å². The molecule has 0 unspecified atom stereocenters. The smallest absolute Gasteiger partial charge is 0.308 e. The topological polar surface area (TPSA) is 55.4 Å². The Labute approximate surface area is 161 Å². The van der Waals surface area contributed by atoms with Gasteiger partial charge in [0.1, 0.15) is 5.75 Å². The molecule has 0 spiro atoms. The van der Waals surface area contributed by atoms with E-state index in [4.69, 9.17) is 16.3 Å². The number of halogens is 1. The molecule has 142 valence electrons. The minimum Gasteiger partial charge on any atom is -0.426 e. The van der Waals surface area contributed by atoms with Crippen molar-refractivity contribution in [3.63, 3.8) is 0 Å². The largest absolute Gasteiger partial charge is 0.426 e. The molecule has 0 atom stereocenters. The van der Waals surface area contributed by atoms with E-state index in [1.807, 2.05) is 40.7 Å². The Balaban J connectivity index is 0.00000146. The van der Waals surface area contributed by atoms with Crippen LogP contribution in [-0.2, 0) is 4.79 Å². The number of benzene rings is 2. The molecule has 0 radical (unpaired) electrons. The van der Waals surface area contributed by atoms with Crippen LogP contribution in [0.5, 0.6) is 5.75 Å². The van der Waals surface area contributed by atoms with Gasteiger partial charge in [-0.15, -0.1) is 0 Å². The van der Waals surface area contributed by atoms with Gasteiger partial charge in [-0.2, -0.15) is 0 Å². The fraction of sp³-hybridized carbons (Fsp3) is 0.333. The number of anilines is 1. The standard InChI is InChI=1S/C17H16ClNO3.2C2H6/c1-10-8-11(2)16(22-12(3)20)15(9-10)17(21)19-14-6-4-13(18)5-7-14;2*1-2/h4-9H,1-3H3,(H,19,21);2*1-2H3. The number of hydrogen-bond donors (Lipinski definition) is 1. The van der Waals surface area contributed by atoms with E-state index >= 15 is 0 Å². The second kappa shape index (κ2) is 12.1. The van der Waals surface area contributed by atoms with E-state index in [2.05, 4.69) is 5.32 Å². The van der Waals surface area contributed by atoms with Crippen LogP contribution in [0.25, 0.3) is 0 Å². The van der Waals surface area contributed by atoms with Crippen LogP contribution in [0.3, 0.4) is 0 Å². The van der Waals surface area contributed by atoms with Gasteiger partial charge < -0.3 is 10.1 Å². The average Bonchev–Trinajstić information content (AvgIpc) is 2.62. The molecule has 2 aromatic rings. The molecule has 0 heterocycles. The van der Waals surface area contributed by atoms with Crippen molar-refractivity contribution in [1.29, 1.82) is 0 Å². The maximum Gasteiger partial charge on any atom is 0.308 e. The van der Waals surface area contributed by atoms with E-state index in [1.54, 1.807) is 37.3 Å². The number of carbonyl (C=O) groups is 2. The maximum absolute atomic E-state index is 12.5. The number of aryl methyl sites for hydroxylation is 2. The lowest BCUT2D eigenvalue weighted by molar-refractivity contribution is -0.131. The third-order valence-electron chi connectivity index (χ3n) is 3.01. The van der Waals surface area contributed by atoms with Crippen molar-refractivity contribution in [3.8, 4) is 5.75 Å². The summed E-state index contributed by atoms with van der Waals surface area (Å²) in [5, 5.41) is 3.35. The molecule has 5 heteroatoms. The minimum atomic E-state index is -0.465. The van der Waals surface area contributed by atoms with Crippen molar-refractivity contribution in [2.75, 3.05) is 5.32 Å². The van der Waals surface area contributed by atoms with E-state index in [1.165, 1.54) is 6.92 Å². The van der Waals surface area contributed by atoms with Crippen molar-refractivity contribution in [2.24, 2.45) is 0 Å². The van der Waals surface area contributed by atoms with E-state index < -0.39 is 5.97 Å². The summed E-state index contributed by atoms with van der Waals surface area (Å²) in [6, 6.07) is 10.3. The van der Waals surface area contributed by atoms with Crippen molar-refractivity contribution in [1.82, 2.24) is 0 Å². The SMILES string of the molecule is CC.CC.CC(=O)Oc1c(C)cc(C)cc1C(=O)Nc1ccc(Cl)cc1. The zero-order valence-corrected chi connectivity index (χ0v) is 17.3. The summed E-state index contributed by atoms with van der Waals surface area (Å²) in [5.74, 6) is -0.526. The highest BCUT2D eigenvalue weighted by molar-refractivity contribution is 6.30. The van der Waals surface area contributed by atoms with Gasteiger partial charge in [-0.3, -0.25) is 9.59 Å². The monoisotopic (exact) mass is 377 g/mol. The Morgan fingerprint density at radius 3 is 2.00 bits per heavy atom. The first-order chi connectivity index (χ1) is 12.4. The van der Waals surface area contributed by atoms with Crippen LogP contribution in [0, 0.1) is 13.8 Å². The van der Waals surface area contributed by atoms with E-state index in [9.17, 15) is 9.59 Å². The van der Waals surface area contributed by atoms with Crippen LogP contribution in [-0.4, -0.2) is 11.9 Å². The molecule has 1 amide bonds. The second-order valence-electron chi connectivity index (χ2n) is 5.01. The van der Waals surface area contributed by atoms with Crippen molar-refractivity contribution >= 4 is 29.2 Å². The number of esters is 1. The van der Waals surface area contributed by atoms with E-state index in [-0.39, 0.29) is 11.7 Å². The lowest BCUT2D eigenvalue weighted by atomic mass is 10.0. The van der Waals surface area contributed by atoms with Gasteiger partial charge in [-0.25, -0.2) is 0 Å². The third kappa shape index (κ3) is 7.28. The fourth-order valence-electron chi connectivity index (χ4n) is 2.13.